The van der Waals surface area contributed by atoms with Gasteiger partial charge >= 0.3 is 0 Å². The Hall–Kier alpha value is -2.04. The fraction of sp³-hybridized carbons (Fsp3) is 0.481. The molecule has 33 heavy (non-hydrogen) atoms. The van der Waals surface area contributed by atoms with Gasteiger partial charge < -0.3 is 10.2 Å². The zero-order valence-electron chi connectivity index (χ0n) is 20.4. The van der Waals surface area contributed by atoms with E-state index < -0.39 is 6.04 Å². The molecule has 2 amide bonds. The van der Waals surface area contributed by atoms with Crippen molar-refractivity contribution in [1.29, 1.82) is 0 Å². The van der Waals surface area contributed by atoms with Crippen LogP contribution >= 0.6 is 23.2 Å². The monoisotopic (exact) mass is 490 g/mol. The van der Waals surface area contributed by atoms with E-state index in [2.05, 4.69) is 50.4 Å². The van der Waals surface area contributed by atoms with Gasteiger partial charge in [-0.25, -0.2) is 0 Å². The quantitative estimate of drug-likeness (QED) is 0.409. The molecule has 0 aliphatic carbocycles. The molecule has 0 aromatic heterocycles. The van der Waals surface area contributed by atoms with E-state index in [4.69, 9.17) is 23.2 Å². The highest BCUT2D eigenvalue weighted by Gasteiger charge is 2.28. The summed E-state index contributed by atoms with van der Waals surface area (Å²) in [6, 6.07) is 13.2. The second-order valence-corrected chi connectivity index (χ2v) is 10.2. The molecular formula is C27H36Cl2N2O2. The van der Waals surface area contributed by atoms with E-state index in [9.17, 15) is 9.59 Å². The molecule has 0 aliphatic rings. The van der Waals surface area contributed by atoms with Gasteiger partial charge in [-0.1, -0.05) is 88.2 Å². The first-order valence-electron chi connectivity index (χ1n) is 11.7. The molecule has 0 unspecified atom stereocenters. The van der Waals surface area contributed by atoms with Crippen LogP contribution in [0, 0.1) is 0 Å². The number of carbonyl (C=O) groups excluding carboxylic acids is 2. The van der Waals surface area contributed by atoms with Crippen LogP contribution in [0.25, 0.3) is 0 Å². The molecule has 6 heteroatoms. The standard InChI is InChI=1S/C27H36Cl2N2O2/c1-6-16-30-26(33)24(7-2)31(18-20-10-14-22(28)23(29)17-20)25(32)15-11-19-8-12-21(13-9-19)27(3,4)5/h8-10,12-14,17,24H,6-7,11,15-16,18H2,1-5H3,(H,30,33)/t24-/m1/s1. The fourth-order valence-corrected chi connectivity index (χ4v) is 4.01. The summed E-state index contributed by atoms with van der Waals surface area (Å²) in [7, 11) is 0. The summed E-state index contributed by atoms with van der Waals surface area (Å²) in [4.78, 5) is 27.9. The molecule has 2 aromatic carbocycles. The molecule has 0 spiro atoms. The number of benzene rings is 2. The van der Waals surface area contributed by atoms with Crippen LogP contribution in [0.5, 0.6) is 0 Å². The first-order valence-corrected chi connectivity index (χ1v) is 12.4. The molecular weight excluding hydrogens is 455 g/mol. The Morgan fingerprint density at radius 1 is 0.970 bits per heavy atom. The Labute approximate surface area is 208 Å². The molecule has 1 N–H and O–H groups in total. The number of amides is 2. The van der Waals surface area contributed by atoms with E-state index in [1.54, 1.807) is 17.0 Å². The molecule has 0 aliphatic heterocycles. The smallest absolute Gasteiger partial charge is 0.242 e. The van der Waals surface area contributed by atoms with Gasteiger partial charge in [0.2, 0.25) is 11.8 Å². The molecule has 1 atom stereocenters. The van der Waals surface area contributed by atoms with Crippen LogP contribution in [-0.2, 0) is 28.0 Å². The second-order valence-electron chi connectivity index (χ2n) is 9.43. The molecule has 2 aromatic rings. The number of carbonyl (C=O) groups is 2. The predicted octanol–water partition coefficient (Wildman–Crippen LogP) is 6.56. The van der Waals surface area contributed by atoms with E-state index in [0.717, 1.165) is 17.5 Å². The van der Waals surface area contributed by atoms with E-state index in [1.165, 1.54) is 5.56 Å². The van der Waals surface area contributed by atoms with Gasteiger partial charge in [0.05, 0.1) is 10.0 Å². The van der Waals surface area contributed by atoms with Crippen molar-refractivity contribution >= 4 is 35.0 Å². The molecule has 0 heterocycles. The highest BCUT2D eigenvalue weighted by molar-refractivity contribution is 6.42. The fourth-order valence-electron chi connectivity index (χ4n) is 3.69. The zero-order valence-corrected chi connectivity index (χ0v) is 21.9. The third-order valence-corrected chi connectivity index (χ3v) is 6.46. The van der Waals surface area contributed by atoms with Gasteiger partial charge in [-0.2, -0.15) is 0 Å². The first-order chi connectivity index (χ1) is 15.6. The number of halogens is 2. The normalized spacial score (nSPS) is 12.3. The van der Waals surface area contributed by atoms with E-state index in [1.807, 2.05) is 19.9 Å². The van der Waals surface area contributed by atoms with E-state index >= 15 is 0 Å². The zero-order chi connectivity index (χ0) is 24.6. The highest BCUT2D eigenvalue weighted by Crippen LogP contribution is 2.25. The van der Waals surface area contributed by atoms with Crippen molar-refractivity contribution < 1.29 is 9.59 Å². The minimum Gasteiger partial charge on any atom is -0.354 e. The van der Waals surface area contributed by atoms with Crippen LogP contribution in [0.3, 0.4) is 0 Å². The summed E-state index contributed by atoms with van der Waals surface area (Å²) in [6.07, 6.45) is 2.32. The number of nitrogens with one attached hydrogen (secondary N) is 1. The number of aryl methyl sites for hydroxylation is 1. The topological polar surface area (TPSA) is 49.4 Å². The Kier molecular flexibility index (Phi) is 10.2. The average molecular weight is 492 g/mol. The second kappa shape index (κ2) is 12.4. The number of hydrogen-bond acceptors (Lipinski definition) is 2. The number of rotatable bonds is 10. The van der Waals surface area contributed by atoms with Gasteiger partial charge in [-0.3, -0.25) is 9.59 Å². The lowest BCUT2D eigenvalue weighted by molar-refractivity contribution is -0.141. The lowest BCUT2D eigenvalue weighted by Gasteiger charge is -2.31. The van der Waals surface area contributed by atoms with Crippen molar-refractivity contribution in [2.24, 2.45) is 0 Å². The third-order valence-electron chi connectivity index (χ3n) is 5.72. The van der Waals surface area contributed by atoms with Crippen LogP contribution in [0.4, 0.5) is 0 Å². The minimum atomic E-state index is -0.540. The Morgan fingerprint density at radius 2 is 1.61 bits per heavy atom. The molecule has 0 saturated heterocycles. The summed E-state index contributed by atoms with van der Waals surface area (Å²) < 4.78 is 0. The molecule has 0 bridgehead atoms. The summed E-state index contributed by atoms with van der Waals surface area (Å²) >= 11 is 12.2. The SMILES string of the molecule is CCCNC(=O)[C@@H](CC)N(Cc1ccc(Cl)c(Cl)c1)C(=O)CCc1ccc(C(C)(C)C)cc1. The van der Waals surface area contributed by atoms with Crippen molar-refractivity contribution in [3.05, 3.63) is 69.2 Å². The van der Waals surface area contributed by atoms with Gasteiger partial charge in [0, 0.05) is 19.5 Å². The number of hydrogen-bond donors (Lipinski definition) is 1. The van der Waals surface area contributed by atoms with E-state index in [0.29, 0.717) is 42.4 Å². The van der Waals surface area contributed by atoms with Crippen LogP contribution in [0.15, 0.2) is 42.5 Å². The van der Waals surface area contributed by atoms with Crippen LogP contribution in [-0.4, -0.2) is 29.3 Å². The van der Waals surface area contributed by atoms with Gasteiger partial charge in [0.15, 0.2) is 0 Å². The molecule has 4 nitrogen and oxygen atoms in total. The molecule has 180 valence electrons. The largest absolute Gasteiger partial charge is 0.354 e. The van der Waals surface area contributed by atoms with Gasteiger partial charge in [-0.15, -0.1) is 0 Å². The Balaban J connectivity index is 2.20. The first kappa shape index (κ1) is 27.2. The summed E-state index contributed by atoms with van der Waals surface area (Å²) in [5.41, 5.74) is 3.30. The highest BCUT2D eigenvalue weighted by atomic mass is 35.5. The maximum Gasteiger partial charge on any atom is 0.242 e. The lowest BCUT2D eigenvalue weighted by atomic mass is 9.86. The summed E-state index contributed by atoms with van der Waals surface area (Å²) in [5, 5.41) is 3.84. The van der Waals surface area contributed by atoms with Gasteiger partial charge in [0.25, 0.3) is 0 Å². The summed E-state index contributed by atoms with van der Waals surface area (Å²) in [6.45, 7) is 11.4. The third kappa shape index (κ3) is 8.04. The molecule has 0 saturated carbocycles. The van der Waals surface area contributed by atoms with Crippen molar-refractivity contribution in [3.8, 4) is 0 Å². The molecule has 0 fully saturated rings. The summed E-state index contributed by atoms with van der Waals surface area (Å²) in [5.74, 6) is -0.179. The maximum absolute atomic E-state index is 13.4. The molecule has 2 rings (SSSR count). The van der Waals surface area contributed by atoms with Gasteiger partial charge in [0.1, 0.15) is 6.04 Å². The lowest BCUT2D eigenvalue weighted by Crippen LogP contribution is -2.49. The van der Waals surface area contributed by atoms with Crippen LogP contribution < -0.4 is 5.32 Å². The minimum absolute atomic E-state index is 0.0560. The average Bonchev–Trinajstić information content (AvgIpc) is 2.77. The Morgan fingerprint density at radius 3 is 2.15 bits per heavy atom. The van der Waals surface area contributed by atoms with Gasteiger partial charge in [-0.05, 0) is 53.5 Å². The van der Waals surface area contributed by atoms with Crippen molar-refractivity contribution in [1.82, 2.24) is 10.2 Å². The van der Waals surface area contributed by atoms with Crippen molar-refractivity contribution in [2.75, 3.05) is 6.54 Å². The van der Waals surface area contributed by atoms with Crippen LogP contribution in [0.1, 0.15) is 70.6 Å². The molecule has 0 radical (unpaired) electrons. The van der Waals surface area contributed by atoms with Crippen molar-refractivity contribution in [2.45, 2.75) is 78.3 Å². The van der Waals surface area contributed by atoms with Crippen molar-refractivity contribution in [3.63, 3.8) is 0 Å². The van der Waals surface area contributed by atoms with Crippen LogP contribution in [0.2, 0.25) is 10.0 Å². The van der Waals surface area contributed by atoms with E-state index in [-0.39, 0.29) is 17.2 Å². The maximum atomic E-state index is 13.4. The number of nitrogens with zero attached hydrogens (tertiary/aromatic N) is 1. The predicted molar refractivity (Wildman–Crippen MR) is 138 cm³/mol. The Bertz CT molecular complexity index is 936.